The SMILES string of the molecule is COC1=C/C(=C/c2c(N)n3nc(N4CCCCC4)sc3nc2=O)C=CC1=O. The standard InChI is InChI=1S/C18H19N5O3S/c1-26-14-10-11(5-6-13(14)24)9-12-15(19)23-17(20-16(12)25)27-18(21-23)22-7-3-2-4-8-22/h5-6,9-10H,2-4,7-8,19H2,1H3/b11-9+. The molecule has 2 aromatic heterocycles. The minimum absolute atomic E-state index is 0.206. The molecule has 8 nitrogen and oxygen atoms in total. The number of aromatic nitrogens is 3. The van der Waals surface area contributed by atoms with Gasteiger partial charge in [0.05, 0.1) is 12.7 Å². The average molecular weight is 385 g/mol. The number of anilines is 2. The summed E-state index contributed by atoms with van der Waals surface area (Å²) in [5.74, 6) is 0.214. The van der Waals surface area contributed by atoms with Crippen molar-refractivity contribution in [1.29, 1.82) is 0 Å². The molecule has 1 aliphatic carbocycles. The topological polar surface area (TPSA) is 103 Å². The van der Waals surface area contributed by atoms with Gasteiger partial charge in [0, 0.05) is 13.1 Å². The summed E-state index contributed by atoms with van der Waals surface area (Å²) >= 11 is 1.37. The summed E-state index contributed by atoms with van der Waals surface area (Å²) in [5.41, 5.74) is 6.68. The number of nitrogens with zero attached hydrogens (tertiary/aromatic N) is 4. The van der Waals surface area contributed by atoms with E-state index >= 15 is 0 Å². The minimum Gasteiger partial charge on any atom is -0.493 e. The van der Waals surface area contributed by atoms with Crippen molar-refractivity contribution in [3.63, 3.8) is 0 Å². The highest BCUT2D eigenvalue weighted by Crippen LogP contribution is 2.27. The van der Waals surface area contributed by atoms with Gasteiger partial charge in [-0.2, -0.15) is 9.50 Å². The molecule has 0 aromatic carbocycles. The van der Waals surface area contributed by atoms with E-state index in [1.807, 2.05) is 0 Å². The first kappa shape index (κ1) is 17.5. The number of ether oxygens (including phenoxy) is 1. The third kappa shape index (κ3) is 3.25. The van der Waals surface area contributed by atoms with Crippen LogP contribution >= 0.6 is 11.3 Å². The molecule has 4 rings (SSSR count). The molecular formula is C18H19N5O3S. The van der Waals surface area contributed by atoms with Gasteiger partial charge >= 0.3 is 0 Å². The van der Waals surface area contributed by atoms with Crippen molar-refractivity contribution in [3.8, 4) is 0 Å². The van der Waals surface area contributed by atoms with E-state index in [0.717, 1.165) is 31.1 Å². The quantitative estimate of drug-likeness (QED) is 0.859. The molecule has 1 saturated heterocycles. The maximum Gasteiger partial charge on any atom is 0.283 e. The number of carbonyl (C=O) groups is 1. The lowest BCUT2D eigenvalue weighted by Gasteiger charge is -2.25. The van der Waals surface area contributed by atoms with Crippen LogP contribution in [-0.2, 0) is 9.53 Å². The molecule has 2 N–H and O–H groups in total. The molecule has 2 aliphatic rings. The van der Waals surface area contributed by atoms with Crippen molar-refractivity contribution < 1.29 is 9.53 Å². The molecule has 3 heterocycles. The monoisotopic (exact) mass is 385 g/mol. The predicted octanol–water partition coefficient (Wildman–Crippen LogP) is 1.78. The zero-order valence-electron chi connectivity index (χ0n) is 14.8. The number of allylic oxidation sites excluding steroid dienone is 4. The Balaban J connectivity index is 1.77. The number of fused-ring (bicyclic) bond motifs is 1. The van der Waals surface area contributed by atoms with Gasteiger partial charge in [0.1, 0.15) is 5.82 Å². The Morgan fingerprint density at radius 3 is 2.74 bits per heavy atom. The molecule has 0 radical (unpaired) electrons. The van der Waals surface area contributed by atoms with Crippen LogP contribution in [0.3, 0.4) is 0 Å². The molecule has 1 fully saturated rings. The zero-order chi connectivity index (χ0) is 19.0. The first-order chi connectivity index (χ1) is 13.1. The van der Waals surface area contributed by atoms with Crippen LogP contribution in [0.2, 0.25) is 0 Å². The van der Waals surface area contributed by atoms with E-state index in [0.29, 0.717) is 10.5 Å². The van der Waals surface area contributed by atoms with E-state index in [1.165, 1.54) is 35.5 Å². The Kier molecular flexibility index (Phi) is 4.53. The second kappa shape index (κ2) is 6.99. The number of ketones is 1. The van der Waals surface area contributed by atoms with Crippen molar-refractivity contribution in [2.75, 3.05) is 30.8 Å². The van der Waals surface area contributed by atoms with E-state index < -0.39 is 5.56 Å². The summed E-state index contributed by atoms with van der Waals surface area (Å²) in [4.78, 5) is 31.0. The van der Waals surface area contributed by atoms with Crippen molar-refractivity contribution in [2.45, 2.75) is 19.3 Å². The van der Waals surface area contributed by atoms with Gasteiger partial charge in [-0.05, 0) is 43.1 Å². The molecule has 0 bridgehead atoms. The van der Waals surface area contributed by atoms with Crippen molar-refractivity contribution in [2.24, 2.45) is 0 Å². The molecule has 140 valence electrons. The van der Waals surface area contributed by atoms with Gasteiger partial charge in [-0.25, -0.2) is 0 Å². The van der Waals surface area contributed by atoms with Crippen LogP contribution < -0.4 is 16.2 Å². The average Bonchev–Trinajstić information content (AvgIpc) is 3.11. The number of carbonyl (C=O) groups excluding carboxylic acids is 1. The lowest BCUT2D eigenvalue weighted by atomic mass is 10.0. The Bertz CT molecular complexity index is 1060. The van der Waals surface area contributed by atoms with Crippen LogP contribution in [0.25, 0.3) is 11.0 Å². The van der Waals surface area contributed by atoms with Gasteiger partial charge in [0.15, 0.2) is 5.76 Å². The van der Waals surface area contributed by atoms with Crippen LogP contribution in [0.15, 0.2) is 34.4 Å². The second-order valence-electron chi connectivity index (χ2n) is 6.40. The van der Waals surface area contributed by atoms with Crippen LogP contribution in [0.1, 0.15) is 24.8 Å². The first-order valence-electron chi connectivity index (χ1n) is 8.71. The van der Waals surface area contributed by atoms with Crippen LogP contribution in [0, 0.1) is 0 Å². The summed E-state index contributed by atoms with van der Waals surface area (Å²) in [6.07, 6.45) is 9.65. The molecule has 0 amide bonds. The molecule has 1 aliphatic heterocycles. The molecule has 0 atom stereocenters. The second-order valence-corrected chi connectivity index (χ2v) is 7.33. The fourth-order valence-corrected chi connectivity index (χ4v) is 4.11. The van der Waals surface area contributed by atoms with Gasteiger partial charge in [-0.1, -0.05) is 17.4 Å². The lowest BCUT2D eigenvalue weighted by molar-refractivity contribution is -0.114. The third-order valence-corrected chi connectivity index (χ3v) is 5.58. The number of nitrogens with two attached hydrogens (primary N) is 1. The highest BCUT2D eigenvalue weighted by atomic mass is 32.1. The molecule has 0 unspecified atom stereocenters. The summed E-state index contributed by atoms with van der Waals surface area (Å²) in [7, 11) is 1.43. The Morgan fingerprint density at radius 2 is 2.00 bits per heavy atom. The van der Waals surface area contributed by atoms with Crippen LogP contribution in [0.4, 0.5) is 10.9 Å². The van der Waals surface area contributed by atoms with Gasteiger partial charge < -0.3 is 15.4 Å². The number of piperidine rings is 1. The summed E-state index contributed by atoms with van der Waals surface area (Å²) in [6, 6.07) is 0. The van der Waals surface area contributed by atoms with Gasteiger partial charge in [0.2, 0.25) is 15.9 Å². The maximum absolute atomic E-state index is 12.5. The first-order valence-corrected chi connectivity index (χ1v) is 9.52. The smallest absolute Gasteiger partial charge is 0.283 e. The maximum atomic E-state index is 12.5. The fourth-order valence-electron chi connectivity index (χ4n) is 3.16. The van der Waals surface area contributed by atoms with Crippen LogP contribution in [-0.4, -0.2) is 40.6 Å². The van der Waals surface area contributed by atoms with Crippen LogP contribution in [0.5, 0.6) is 0 Å². The third-order valence-electron chi connectivity index (χ3n) is 4.61. The molecule has 0 saturated carbocycles. The molecule has 0 spiro atoms. The van der Waals surface area contributed by atoms with E-state index in [9.17, 15) is 9.59 Å². The number of hydrogen-bond donors (Lipinski definition) is 1. The number of hydrogen-bond acceptors (Lipinski definition) is 8. The Morgan fingerprint density at radius 1 is 1.22 bits per heavy atom. The highest BCUT2D eigenvalue weighted by molar-refractivity contribution is 7.20. The zero-order valence-corrected chi connectivity index (χ0v) is 15.7. The number of rotatable bonds is 3. The normalized spacial score (nSPS) is 19.0. The number of nitrogen functional groups attached to an aromatic ring is 1. The Labute approximate surface area is 159 Å². The van der Waals surface area contributed by atoms with Crippen molar-refractivity contribution in [3.05, 3.63) is 45.5 Å². The highest BCUT2D eigenvalue weighted by Gasteiger charge is 2.19. The predicted molar refractivity (Wildman–Crippen MR) is 105 cm³/mol. The fraction of sp³-hybridized carbons (Fsp3) is 0.333. The Hall–Kier alpha value is -2.94. The lowest BCUT2D eigenvalue weighted by Crippen LogP contribution is -2.29. The van der Waals surface area contributed by atoms with E-state index in [1.54, 1.807) is 18.2 Å². The van der Waals surface area contributed by atoms with Crippen molar-refractivity contribution >= 4 is 39.1 Å². The molecule has 9 heteroatoms. The van der Waals surface area contributed by atoms with E-state index in [2.05, 4.69) is 15.0 Å². The van der Waals surface area contributed by atoms with Gasteiger partial charge in [-0.3, -0.25) is 9.59 Å². The number of methoxy groups -OCH3 is 1. The van der Waals surface area contributed by atoms with Crippen molar-refractivity contribution in [1.82, 2.24) is 14.6 Å². The van der Waals surface area contributed by atoms with Gasteiger partial charge in [0.25, 0.3) is 5.56 Å². The summed E-state index contributed by atoms with van der Waals surface area (Å²) in [5, 5.41) is 5.39. The largest absolute Gasteiger partial charge is 0.493 e. The molecule has 27 heavy (non-hydrogen) atoms. The van der Waals surface area contributed by atoms with E-state index in [-0.39, 0.29) is 22.9 Å². The molecule has 2 aromatic rings. The van der Waals surface area contributed by atoms with E-state index in [4.69, 9.17) is 10.5 Å². The molecular weight excluding hydrogens is 366 g/mol. The van der Waals surface area contributed by atoms with Gasteiger partial charge in [-0.15, -0.1) is 5.10 Å². The summed E-state index contributed by atoms with van der Waals surface area (Å²) < 4.78 is 6.56. The minimum atomic E-state index is -0.425. The summed E-state index contributed by atoms with van der Waals surface area (Å²) in [6.45, 7) is 1.90.